The maximum Gasteiger partial charge on any atom is 0.194 e. The second-order valence-corrected chi connectivity index (χ2v) is 5.38. The average Bonchev–Trinajstić information content (AvgIpc) is 3.12. The zero-order chi connectivity index (χ0) is 16.7. The van der Waals surface area contributed by atoms with Crippen molar-refractivity contribution in [2.75, 3.05) is 41.0 Å². The molecule has 1 fully saturated rings. The molecule has 7 heteroatoms. The van der Waals surface area contributed by atoms with E-state index in [1.54, 1.807) is 21.3 Å². The zero-order valence-corrected chi connectivity index (χ0v) is 17.3. The third-order valence-corrected chi connectivity index (χ3v) is 3.93. The highest BCUT2D eigenvalue weighted by molar-refractivity contribution is 14.0. The fourth-order valence-corrected chi connectivity index (χ4v) is 2.73. The first-order chi connectivity index (χ1) is 11.2. The van der Waals surface area contributed by atoms with Gasteiger partial charge in [0.25, 0.3) is 0 Å². The molecule has 0 saturated carbocycles. The molecule has 1 heterocycles. The van der Waals surface area contributed by atoms with Crippen LogP contribution in [0.1, 0.15) is 25.3 Å². The summed E-state index contributed by atoms with van der Waals surface area (Å²) in [6, 6.07) is 3.77. The van der Waals surface area contributed by atoms with Gasteiger partial charge in [0.15, 0.2) is 17.5 Å². The summed E-state index contributed by atoms with van der Waals surface area (Å²) in [5.74, 6) is 3.05. The first-order valence-corrected chi connectivity index (χ1v) is 8.05. The number of halogens is 1. The van der Waals surface area contributed by atoms with Gasteiger partial charge in [-0.15, -0.1) is 24.0 Å². The standard InChI is InChI=1S/C17H27N3O3.HI/c1-5-18-17(20-8-6-7-9-20)19-12-13-10-15(22-3)16(23-4)11-14(13)21-2;/h10-11H,5-9,12H2,1-4H3,(H,18,19);1H. The molecular formula is C17H28IN3O3. The molecule has 0 bridgehead atoms. The van der Waals surface area contributed by atoms with Gasteiger partial charge in [0.2, 0.25) is 0 Å². The van der Waals surface area contributed by atoms with Crippen LogP contribution in [0, 0.1) is 0 Å². The van der Waals surface area contributed by atoms with Crippen molar-refractivity contribution in [2.24, 2.45) is 4.99 Å². The Bertz CT molecular complexity index is 546. The molecular weight excluding hydrogens is 421 g/mol. The van der Waals surface area contributed by atoms with E-state index in [-0.39, 0.29) is 24.0 Å². The lowest BCUT2D eigenvalue weighted by Gasteiger charge is -2.21. The summed E-state index contributed by atoms with van der Waals surface area (Å²) in [5, 5.41) is 3.36. The second kappa shape index (κ2) is 10.5. The average molecular weight is 449 g/mol. The number of hydrogen-bond acceptors (Lipinski definition) is 4. The van der Waals surface area contributed by atoms with Crippen molar-refractivity contribution < 1.29 is 14.2 Å². The van der Waals surface area contributed by atoms with Gasteiger partial charge in [-0.25, -0.2) is 4.99 Å². The van der Waals surface area contributed by atoms with Gasteiger partial charge in [0.1, 0.15) is 5.75 Å². The number of nitrogens with one attached hydrogen (secondary N) is 1. The zero-order valence-electron chi connectivity index (χ0n) is 14.9. The molecule has 1 N–H and O–H groups in total. The number of guanidine groups is 1. The molecule has 0 amide bonds. The fraction of sp³-hybridized carbons (Fsp3) is 0.588. The summed E-state index contributed by atoms with van der Waals surface area (Å²) in [4.78, 5) is 7.06. The van der Waals surface area contributed by atoms with E-state index in [1.807, 2.05) is 12.1 Å². The lowest BCUT2D eigenvalue weighted by atomic mass is 10.1. The highest BCUT2D eigenvalue weighted by Crippen LogP contribution is 2.34. The first-order valence-electron chi connectivity index (χ1n) is 8.05. The molecule has 24 heavy (non-hydrogen) atoms. The van der Waals surface area contributed by atoms with Crippen LogP contribution >= 0.6 is 24.0 Å². The van der Waals surface area contributed by atoms with Gasteiger partial charge >= 0.3 is 0 Å². The number of likely N-dealkylation sites (tertiary alicyclic amines) is 1. The third-order valence-electron chi connectivity index (χ3n) is 3.93. The first kappa shape index (κ1) is 20.7. The molecule has 1 aliphatic heterocycles. The molecule has 136 valence electrons. The third kappa shape index (κ3) is 5.06. The largest absolute Gasteiger partial charge is 0.496 e. The van der Waals surface area contributed by atoms with Crippen LogP contribution in [0.15, 0.2) is 17.1 Å². The van der Waals surface area contributed by atoms with E-state index in [0.29, 0.717) is 18.0 Å². The van der Waals surface area contributed by atoms with Crippen LogP contribution in [-0.4, -0.2) is 51.8 Å². The Hall–Kier alpha value is -1.38. The van der Waals surface area contributed by atoms with Gasteiger partial charge in [0, 0.05) is 31.3 Å². The van der Waals surface area contributed by atoms with Crippen molar-refractivity contribution in [1.82, 2.24) is 10.2 Å². The lowest BCUT2D eigenvalue weighted by Crippen LogP contribution is -2.39. The van der Waals surface area contributed by atoms with Gasteiger partial charge in [-0.1, -0.05) is 0 Å². The minimum atomic E-state index is 0. The molecule has 0 unspecified atom stereocenters. The Morgan fingerprint density at radius 1 is 1.04 bits per heavy atom. The Kier molecular flexibility index (Phi) is 9.02. The van der Waals surface area contributed by atoms with Crippen LogP contribution < -0.4 is 19.5 Å². The maximum atomic E-state index is 5.47. The Morgan fingerprint density at radius 3 is 2.17 bits per heavy atom. The van der Waals surface area contributed by atoms with E-state index in [9.17, 15) is 0 Å². The van der Waals surface area contributed by atoms with Gasteiger partial charge in [-0.2, -0.15) is 0 Å². The number of nitrogens with zero attached hydrogens (tertiary/aromatic N) is 2. The number of benzene rings is 1. The molecule has 0 aromatic heterocycles. The number of hydrogen-bond donors (Lipinski definition) is 1. The van der Waals surface area contributed by atoms with Crippen LogP contribution in [-0.2, 0) is 6.54 Å². The normalized spacial score (nSPS) is 14.2. The highest BCUT2D eigenvalue weighted by atomic mass is 127. The van der Waals surface area contributed by atoms with Crippen molar-refractivity contribution in [1.29, 1.82) is 0 Å². The van der Waals surface area contributed by atoms with Crippen LogP contribution in [0.5, 0.6) is 17.2 Å². The summed E-state index contributed by atoms with van der Waals surface area (Å²) in [7, 11) is 4.90. The van der Waals surface area contributed by atoms with Crippen molar-refractivity contribution in [3.8, 4) is 17.2 Å². The van der Waals surface area contributed by atoms with Crippen LogP contribution in [0.2, 0.25) is 0 Å². The quantitative estimate of drug-likeness (QED) is 0.411. The summed E-state index contributed by atoms with van der Waals surface area (Å²) in [6.45, 7) is 5.60. The van der Waals surface area contributed by atoms with E-state index in [1.165, 1.54) is 12.8 Å². The smallest absolute Gasteiger partial charge is 0.194 e. The lowest BCUT2D eigenvalue weighted by molar-refractivity contribution is 0.347. The van der Waals surface area contributed by atoms with Crippen molar-refractivity contribution in [3.05, 3.63) is 17.7 Å². The summed E-state index contributed by atoms with van der Waals surface area (Å²) in [5.41, 5.74) is 0.972. The topological polar surface area (TPSA) is 55.3 Å². The van der Waals surface area contributed by atoms with E-state index >= 15 is 0 Å². The maximum absolute atomic E-state index is 5.47. The minimum Gasteiger partial charge on any atom is -0.496 e. The van der Waals surface area contributed by atoms with Crippen molar-refractivity contribution >= 4 is 29.9 Å². The molecule has 1 aromatic carbocycles. The molecule has 1 saturated heterocycles. The van der Waals surface area contributed by atoms with Gasteiger partial charge in [-0.3, -0.25) is 0 Å². The minimum absolute atomic E-state index is 0. The van der Waals surface area contributed by atoms with Crippen LogP contribution in [0.4, 0.5) is 0 Å². The fourth-order valence-electron chi connectivity index (χ4n) is 2.73. The molecule has 0 aliphatic carbocycles. The summed E-state index contributed by atoms with van der Waals surface area (Å²) < 4.78 is 16.2. The van der Waals surface area contributed by atoms with Gasteiger partial charge < -0.3 is 24.4 Å². The van der Waals surface area contributed by atoms with Gasteiger partial charge in [0.05, 0.1) is 27.9 Å². The Labute approximate surface area is 161 Å². The molecule has 1 aromatic rings. The second-order valence-electron chi connectivity index (χ2n) is 5.38. The number of rotatable bonds is 6. The molecule has 2 rings (SSSR count). The predicted octanol–water partition coefficient (Wildman–Crippen LogP) is 2.89. The number of aliphatic imine (C=N–C) groups is 1. The SMILES string of the molecule is CCNC(=NCc1cc(OC)c(OC)cc1OC)N1CCCC1.I. The molecule has 0 spiro atoms. The van der Waals surface area contributed by atoms with Crippen molar-refractivity contribution in [2.45, 2.75) is 26.3 Å². The van der Waals surface area contributed by atoms with E-state index < -0.39 is 0 Å². The monoisotopic (exact) mass is 449 g/mol. The Balaban J connectivity index is 0.00000288. The predicted molar refractivity (Wildman–Crippen MR) is 107 cm³/mol. The highest BCUT2D eigenvalue weighted by Gasteiger charge is 2.16. The van der Waals surface area contributed by atoms with Crippen molar-refractivity contribution in [3.63, 3.8) is 0 Å². The van der Waals surface area contributed by atoms with Crippen LogP contribution in [0.25, 0.3) is 0 Å². The van der Waals surface area contributed by atoms with Gasteiger partial charge in [-0.05, 0) is 25.8 Å². The Morgan fingerprint density at radius 2 is 1.62 bits per heavy atom. The summed E-state index contributed by atoms with van der Waals surface area (Å²) >= 11 is 0. The number of methoxy groups -OCH3 is 3. The van der Waals surface area contributed by atoms with Crippen LogP contribution in [0.3, 0.4) is 0 Å². The summed E-state index contributed by atoms with van der Waals surface area (Å²) in [6.07, 6.45) is 2.45. The molecule has 0 atom stereocenters. The molecule has 0 radical (unpaired) electrons. The molecule has 6 nitrogen and oxygen atoms in total. The number of ether oxygens (including phenoxy) is 3. The van der Waals surface area contributed by atoms with E-state index in [4.69, 9.17) is 19.2 Å². The van der Waals surface area contributed by atoms with E-state index in [2.05, 4.69) is 17.1 Å². The molecule has 1 aliphatic rings. The van der Waals surface area contributed by atoms with E-state index in [0.717, 1.165) is 36.9 Å².